The summed E-state index contributed by atoms with van der Waals surface area (Å²) in [6.07, 6.45) is 3.59. The number of nitrogens with one attached hydrogen (secondary N) is 2. The Morgan fingerprint density at radius 2 is 2.22 bits per heavy atom. The zero-order valence-corrected chi connectivity index (χ0v) is 13.9. The number of rotatable bonds is 10. The topological polar surface area (TPSA) is 66.7 Å². The number of guanidine groups is 1. The van der Waals surface area contributed by atoms with Gasteiger partial charge in [-0.15, -0.1) is 0 Å². The molecule has 0 aliphatic rings. The van der Waals surface area contributed by atoms with Crippen LogP contribution in [0.25, 0.3) is 0 Å². The lowest BCUT2D eigenvalue weighted by atomic mass is 10.4. The molecule has 23 heavy (non-hydrogen) atoms. The number of ether oxygens (including phenoxy) is 1. The van der Waals surface area contributed by atoms with E-state index in [-0.39, 0.29) is 12.4 Å². The number of nitrogens with zero attached hydrogens (tertiary/aromatic N) is 4. The minimum atomic E-state index is -2.59. The molecule has 0 radical (unpaired) electrons. The van der Waals surface area contributed by atoms with E-state index >= 15 is 0 Å². The number of imidazole rings is 1. The van der Waals surface area contributed by atoms with Crippen molar-refractivity contribution in [2.45, 2.75) is 19.5 Å². The van der Waals surface area contributed by atoms with Crippen LogP contribution in [0.3, 0.4) is 0 Å². The van der Waals surface area contributed by atoms with Crippen molar-refractivity contribution in [1.29, 1.82) is 0 Å². The highest BCUT2D eigenvalue weighted by Gasteiger charge is 2.11. The van der Waals surface area contributed by atoms with Gasteiger partial charge in [0, 0.05) is 52.8 Å². The maximum absolute atomic E-state index is 12.7. The Balaban J connectivity index is 2.28. The molecule has 1 aromatic rings. The standard InChI is InChI=1S/C14H26F2N6O/c1-17-14(19-5-8-21(2)7-4-10-23-3)20-11-12-18-6-9-22(12)13(15)16/h6,9,13H,4-5,7-8,10-11H2,1-3H3,(H2,17,19,20). The van der Waals surface area contributed by atoms with E-state index in [1.807, 2.05) is 7.05 Å². The molecular weight excluding hydrogens is 306 g/mol. The molecule has 0 aliphatic carbocycles. The normalized spacial score (nSPS) is 12.2. The summed E-state index contributed by atoms with van der Waals surface area (Å²) in [7, 11) is 5.36. The third kappa shape index (κ3) is 7.38. The van der Waals surface area contributed by atoms with Crippen LogP contribution in [0.1, 0.15) is 18.8 Å². The van der Waals surface area contributed by atoms with Crippen LogP contribution in [0.15, 0.2) is 17.4 Å². The third-order valence-electron chi connectivity index (χ3n) is 3.27. The third-order valence-corrected chi connectivity index (χ3v) is 3.27. The molecule has 0 aliphatic heterocycles. The number of methoxy groups -OCH3 is 1. The predicted molar refractivity (Wildman–Crippen MR) is 85.7 cm³/mol. The summed E-state index contributed by atoms with van der Waals surface area (Å²) in [5.41, 5.74) is 0. The largest absolute Gasteiger partial charge is 0.385 e. The van der Waals surface area contributed by atoms with Crippen molar-refractivity contribution in [3.8, 4) is 0 Å². The van der Waals surface area contributed by atoms with Gasteiger partial charge in [-0.05, 0) is 13.5 Å². The Labute approximate surface area is 135 Å². The first kappa shape index (κ1) is 19.3. The monoisotopic (exact) mass is 332 g/mol. The number of hydrogen-bond donors (Lipinski definition) is 2. The van der Waals surface area contributed by atoms with E-state index in [1.54, 1.807) is 14.2 Å². The number of halogens is 2. The molecule has 0 saturated heterocycles. The molecular formula is C14H26F2N6O. The number of likely N-dealkylation sites (N-methyl/N-ethyl adjacent to an activating group) is 1. The molecule has 0 bridgehead atoms. The van der Waals surface area contributed by atoms with E-state index in [9.17, 15) is 8.78 Å². The molecule has 1 heterocycles. The van der Waals surface area contributed by atoms with Crippen LogP contribution < -0.4 is 10.6 Å². The van der Waals surface area contributed by atoms with Gasteiger partial charge >= 0.3 is 6.55 Å². The van der Waals surface area contributed by atoms with Crippen LogP contribution in [-0.2, 0) is 11.3 Å². The van der Waals surface area contributed by atoms with E-state index in [2.05, 4.69) is 25.5 Å². The first-order chi connectivity index (χ1) is 11.1. The molecule has 1 aromatic heterocycles. The smallest absolute Gasteiger partial charge is 0.319 e. The van der Waals surface area contributed by atoms with Crippen molar-refractivity contribution in [2.24, 2.45) is 4.99 Å². The quantitative estimate of drug-likeness (QED) is 0.379. The molecule has 0 spiro atoms. The fraction of sp³-hybridized carbons (Fsp3) is 0.714. The van der Waals surface area contributed by atoms with Crippen LogP contribution in [0.4, 0.5) is 8.78 Å². The fourth-order valence-corrected chi connectivity index (χ4v) is 2.00. The van der Waals surface area contributed by atoms with Crippen LogP contribution >= 0.6 is 0 Å². The summed E-state index contributed by atoms with van der Waals surface area (Å²) < 4.78 is 31.3. The van der Waals surface area contributed by atoms with Crippen LogP contribution in [-0.4, -0.2) is 67.9 Å². The van der Waals surface area contributed by atoms with Crippen molar-refractivity contribution in [2.75, 3.05) is 47.4 Å². The summed E-state index contributed by atoms with van der Waals surface area (Å²) in [5.74, 6) is 0.818. The van der Waals surface area contributed by atoms with Crippen molar-refractivity contribution < 1.29 is 13.5 Å². The van der Waals surface area contributed by atoms with E-state index in [0.29, 0.717) is 12.5 Å². The summed E-state index contributed by atoms with van der Waals surface area (Å²) in [4.78, 5) is 10.2. The molecule has 0 fully saturated rings. The number of aliphatic imine (C=N–C) groups is 1. The molecule has 0 unspecified atom stereocenters. The number of hydrogen-bond acceptors (Lipinski definition) is 4. The minimum Gasteiger partial charge on any atom is -0.385 e. The molecule has 0 aromatic carbocycles. The molecule has 132 valence electrons. The number of aromatic nitrogens is 2. The molecule has 0 atom stereocenters. The van der Waals surface area contributed by atoms with Gasteiger partial charge in [0.15, 0.2) is 5.96 Å². The number of alkyl halides is 2. The highest BCUT2D eigenvalue weighted by molar-refractivity contribution is 5.79. The summed E-state index contributed by atoms with van der Waals surface area (Å²) in [6.45, 7) is 0.832. The second-order valence-corrected chi connectivity index (χ2v) is 5.03. The average molecular weight is 332 g/mol. The zero-order valence-electron chi connectivity index (χ0n) is 13.9. The van der Waals surface area contributed by atoms with E-state index in [1.165, 1.54) is 12.4 Å². The Bertz CT molecular complexity index is 466. The molecule has 0 saturated carbocycles. The lowest BCUT2D eigenvalue weighted by Gasteiger charge is -2.18. The van der Waals surface area contributed by atoms with Gasteiger partial charge in [-0.2, -0.15) is 8.78 Å². The lowest BCUT2D eigenvalue weighted by Crippen LogP contribution is -2.41. The van der Waals surface area contributed by atoms with Gasteiger partial charge in [0.25, 0.3) is 0 Å². The highest BCUT2D eigenvalue weighted by Crippen LogP contribution is 2.11. The second kappa shape index (κ2) is 10.9. The minimum absolute atomic E-state index is 0.181. The Kier molecular flexibility index (Phi) is 9.15. The Morgan fingerprint density at radius 3 is 2.87 bits per heavy atom. The van der Waals surface area contributed by atoms with Gasteiger partial charge in [0.2, 0.25) is 0 Å². The van der Waals surface area contributed by atoms with E-state index in [0.717, 1.165) is 30.7 Å². The summed E-state index contributed by atoms with van der Waals surface area (Å²) >= 11 is 0. The first-order valence-corrected chi connectivity index (χ1v) is 7.50. The van der Waals surface area contributed by atoms with Gasteiger partial charge in [0.1, 0.15) is 5.82 Å². The van der Waals surface area contributed by atoms with Crippen LogP contribution in [0.5, 0.6) is 0 Å². The molecule has 7 nitrogen and oxygen atoms in total. The molecule has 9 heteroatoms. The Hall–Kier alpha value is -1.74. The SMILES string of the molecule is CN=C(NCCN(C)CCCOC)NCc1nccn1C(F)F. The van der Waals surface area contributed by atoms with Gasteiger partial charge in [-0.3, -0.25) is 9.56 Å². The van der Waals surface area contributed by atoms with Gasteiger partial charge < -0.3 is 20.3 Å². The van der Waals surface area contributed by atoms with Crippen molar-refractivity contribution in [1.82, 2.24) is 25.1 Å². The lowest BCUT2D eigenvalue weighted by molar-refractivity contribution is 0.0668. The maximum atomic E-state index is 12.7. The molecule has 1 rings (SSSR count). The summed E-state index contributed by atoms with van der Waals surface area (Å²) in [5, 5.41) is 6.12. The fourth-order valence-electron chi connectivity index (χ4n) is 2.00. The van der Waals surface area contributed by atoms with Crippen molar-refractivity contribution in [3.63, 3.8) is 0 Å². The van der Waals surface area contributed by atoms with E-state index < -0.39 is 6.55 Å². The van der Waals surface area contributed by atoms with Crippen LogP contribution in [0.2, 0.25) is 0 Å². The highest BCUT2D eigenvalue weighted by atomic mass is 19.3. The molecule has 2 N–H and O–H groups in total. The second-order valence-electron chi connectivity index (χ2n) is 5.03. The molecule has 0 amide bonds. The average Bonchev–Trinajstić information content (AvgIpc) is 2.99. The van der Waals surface area contributed by atoms with Crippen molar-refractivity contribution >= 4 is 5.96 Å². The van der Waals surface area contributed by atoms with E-state index in [4.69, 9.17) is 4.74 Å². The zero-order chi connectivity index (χ0) is 17.1. The van der Waals surface area contributed by atoms with Gasteiger partial charge in [-0.1, -0.05) is 0 Å². The van der Waals surface area contributed by atoms with Crippen molar-refractivity contribution in [3.05, 3.63) is 18.2 Å². The Morgan fingerprint density at radius 1 is 1.43 bits per heavy atom. The van der Waals surface area contributed by atoms with Gasteiger partial charge in [0.05, 0.1) is 6.54 Å². The van der Waals surface area contributed by atoms with Gasteiger partial charge in [-0.25, -0.2) is 4.98 Å². The van der Waals surface area contributed by atoms with Crippen LogP contribution in [0, 0.1) is 0 Å². The summed E-state index contributed by atoms with van der Waals surface area (Å²) in [6, 6.07) is 0. The predicted octanol–water partition coefficient (Wildman–Crippen LogP) is 0.911. The maximum Gasteiger partial charge on any atom is 0.319 e. The first-order valence-electron chi connectivity index (χ1n) is 7.50.